The van der Waals surface area contributed by atoms with Crippen LogP contribution in [0, 0.1) is 0 Å². The summed E-state index contributed by atoms with van der Waals surface area (Å²) >= 11 is 5.78. The Morgan fingerprint density at radius 3 is 2.71 bits per heavy atom. The van der Waals surface area contributed by atoms with Gasteiger partial charge in [-0.2, -0.15) is 4.72 Å². The minimum atomic E-state index is -3.98. The van der Waals surface area contributed by atoms with E-state index in [0.717, 1.165) is 0 Å². The second-order valence-electron chi connectivity index (χ2n) is 4.42. The number of benzene rings is 1. The van der Waals surface area contributed by atoms with Crippen LogP contribution >= 0.6 is 11.6 Å². The van der Waals surface area contributed by atoms with E-state index >= 15 is 0 Å². The van der Waals surface area contributed by atoms with Crippen molar-refractivity contribution in [2.75, 3.05) is 7.11 Å². The van der Waals surface area contributed by atoms with Gasteiger partial charge < -0.3 is 4.74 Å². The van der Waals surface area contributed by atoms with Crippen molar-refractivity contribution in [1.82, 2.24) is 10.0 Å². The average Bonchev–Trinajstić information content (AvgIpc) is 2.41. The van der Waals surface area contributed by atoms with E-state index < -0.39 is 27.9 Å². The van der Waals surface area contributed by atoms with E-state index in [-0.39, 0.29) is 23.5 Å². The van der Waals surface area contributed by atoms with Gasteiger partial charge in [0, 0.05) is 17.5 Å². The molecule has 1 aliphatic rings. The van der Waals surface area contributed by atoms with E-state index in [1.807, 2.05) is 0 Å². The number of methoxy groups -OCH3 is 1. The highest BCUT2D eigenvalue weighted by Gasteiger charge is 2.32. The standard InChI is InChI=1S/C12H13ClN2O5S/c1-20-9-6-7(13)2-4-10(9)21(18,19)15-8-3-5-11(16)14-12(8)17/h2,4,6,8,15H,3,5H2,1H3,(H,14,16,17). The molecule has 0 radical (unpaired) electrons. The number of carbonyl (C=O) groups is 2. The summed E-state index contributed by atoms with van der Waals surface area (Å²) in [5.74, 6) is -1.01. The molecule has 1 unspecified atom stereocenters. The van der Waals surface area contributed by atoms with Gasteiger partial charge in [0.05, 0.1) is 7.11 Å². The van der Waals surface area contributed by atoms with Crippen LogP contribution in [-0.2, 0) is 19.6 Å². The quantitative estimate of drug-likeness (QED) is 0.779. The van der Waals surface area contributed by atoms with Gasteiger partial charge in [-0.25, -0.2) is 8.42 Å². The van der Waals surface area contributed by atoms with Crippen LogP contribution in [0.5, 0.6) is 5.75 Å². The molecule has 1 heterocycles. The minimum Gasteiger partial charge on any atom is -0.495 e. The molecule has 0 aromatic heterocycles. The van der Waals surface area contributed by atoms with E-state index in [1.165, 1.54) is 25.3 Å². The molecule has 1 saturated heterocycles. The van der Waals surface area contributed by atoms with Gasteiger partial charge in [0.2, 0.25) is 21.8 Å². The van der Waals surface area contributed by atoms with Gasteiger partial charge in [-0.15, -0.1) is 0 Å². The number of carbonyl (C=O) groups excluding carboxylic acids is 2. The van der Waals surface area contributed by atoms with E-state index in [2.05, 4.69) is 10.0 Å². The summed E-state index contributed by atoms with van der Waals surface area (Å²) in [5.41, 5.74) is 0. The number of piperidine rings is 1. The van der Waals surface area contributed by atoms with Crippen LogP contribution in [0.15, 0.2) is 23.1 Å². The van der Waals surface area contributed by atoms with Crippen LogP contribution in [0.4, 0.5) is 0 Å². The van der Waals surface area contributed by atoms with Crippen LogP contribution in [0.3, 0.4) is 0 Å². The number of ether oxygens (including phenoxy) is 1. The van der Waals surface area contributed by atoms with Gasteiger partial charge in [-0.05, 0) is 18.6 Å². The fourth-order valence-electron chi connectivity index (χ4n) is 1.92. The maximum absolute atomic E-state index is 12.3. The second kappa shape index (κ2) is 6.00. The first-order valence-corrected chi connectivity index (χ1v) is 7.89. The lowest BCUT2D eigenvalue weighted by Gasteiger charge is -2.22. The van der Waals surface area contributed by atoms with Crippen molar-refractivity contribution in [2.45, 2.75) is 23.8 Å². The Kier molecular flexibility index (Phi) is 4.50. The Balaban J connectivity index is 2.27. The molecule has 7 nitrogen and oxygen atoms in total. The molecule has 9 heteroatoms. The van der Waals surface area contributed by atoms with Crippen LogP contribution in [0.2, 0.25) is 5.02 Å². The molecule has 2 N–H and O–H groups in total. The Labute approximate surface area is 126 Å². The number of rotatable bonds is 4. The predicted octanol–water partition coefficient (Wildman–Crippen LogP) is 0.432. The maximum Gasteiger partial charge on any atom is 0.244 e. The van der Waals surface area contributed by atoms with Crippen molar-refractivity contribution in [1.29, 1.82) is 0 Å². The zero-order valence-electron chi connectivity index (χ0n) is 11.1. The monoisotopic (exact) mass is 332 g/mol. The van der Waals surface area contributed by atoms with E-state index in [1.54, 1.807) is 0 Å². The largest absolute Gasteiger partial charge is 0.495 e. The fraction of sp³-hybridized carbons (Fsp3) is 0.333. The van der Waals surface area contributed by atoms with Gasteiger partial charge in [0.15, 0.2) is 0 Å². The summed E-state index contributed by atoms with van der Waals surface area (Å²) in [4.78, 5) is 22.5. The number of hydrogen-bond acceptors (Lipinski definition) is 5. The highest BCUT2D eigenvalue weighted by molar-refractivity contribution is 7.89. The molecule has 0 saturated carbocycles. The molecule has 1 fully saturated rings. The molecule has 1 aliphatic heterocycles. The van der Waals surface area contributed by atoms with Crippen molar-refractivity contribution in [3.05, 3.63) is 23.2 Å². The van der Waals surface area contributed by atoms with Crippen LogP contribution in [-0.4, -0.2) is 33.4 Å². The van der Waals surface area contributed by atoms with Gasteiger partial charge in [0.25, 0.3) is 0 Å². The van der Waals surface area contributed by atoms with Crippen molar-refractivity contribution in [3.8, 4) is 5.75 Å². The van der Waals surface area contributed by atoms with E-state index in [4.69, 9.17) is 16.3 Å². The van der Waals surface area contributed by atoms with Crippen molar-refractivity contribution >= 4 is 33.4 Å². The summed E-state index contributed by atoms with van der Waals surface area (Å²) in [7, 11) is -2.66. The summed E-state index contributed by atoms with van der Waals surface area (Å²) in [6.07, 6.45) is 0.191. The molecule has 21 heavy (non-hydrogen) atoms. The third kappa shape index (κ3) is 3.52. The summed E-state index contributed by atoms with van der Waals surface area (Å²) < 4.78 is 31.9. The lowest BCUT2D eigenvalue weighted by Crippen LogP contribution is -2.52. The van der Waals surface area contributed by atoms with Crippen molar-refractivity contribution < 1.29 is 22.7 Å². The smallest absolute Gasteiger partial charge is 0.244 e. The van der Waals surface area contributed by atoms with Gasteiger partial charge in [0.1, 0.15) is 16.7 Å². The van der Waals surface area contributed by atoms with Crippen molar-refractivity contribution in [2.24, 2.45) is 0 Å². The first kappa shape index (κ1) is 15.7. The predicted molar refractivity (Wildman–Crippen MR) is 74.5 cm³/mol. The van der Waals surface area contributed by atoms with Crippen LogP contribution in [0.25, 0.3) is 0 Å². The molecular weight excluding hydrogens is 320 g/mol. The van der Waals surface area contributed by atoms with E-state index in [9.17, 15) is 18.0 Å². The minimum absolute atomic E-state index is 0.0716. The number of amides is 2. The molecular formula is C12H13ClN2O5S. The molecule has 1 aromatic carbocycles. The number of imide groups is 1. The first-order valence-electron chi connectivity index (χ1n) is 6.03. The first-order chi connectivity index (χ1) is 9.83. The molecule has 0 spiro atoms. The Morgan fingerprint density at radius 2 is 2.10 bits per heavy atom. The maximum atomic E-state index is 12.3. The Morgan fingerprint density at radius 1 is 1.38 bits per heavy atom. The highest BCUT2D eigenvalue weighted by atomic mass is 35.5. The summed E-state index contributed by atoms with van der Waals surface area (Å²) in [6, 6.07) is 3.06. The fourth-order valence-corrected chi connectivity index (χ4v) is 3.46. The second-order valence-corrected chi connectivity index (χ2v) is 6.54. The van der Waals surface area contributed by atoms with E-state index in [0.29, 0.717) is 5.02 Å². The number of hydrogen-bond donors (Lipinski definition) is 2. The summed E-state index contributed by atoms with van der Waals surface area (Å²) in [6.45, 7) is 0. The van der Waals surface area contributed by atoms with Gasteiger partial charge in [-0.1, -0.05) is 11.6 Å². The lowest BCUT2D eigenvalue weighted by atomic mass is 10.1. The normalized spacial score (nSPS) is 19.2. The summed E-state index contributed by atoms with van der Waals surface area (Å²) in [5, 5.41) is 2.41. The average molecular weight is 333 g/mol. The third-order valence-electron chi connectivity index (χ3n) is 2.95. The zero-order valence-corrected chi connectivity index (χ0v) is 12.6. The topological polar surface area (TPSA) is 102 Å². The molecule has 1 aromatic rings. The van der Waals surface area contributed by atoms with Crippen LogP contribution < -0.4 is 14.8 Å². The Hall–Kier alpha value is -1.64. The number of halogens is 1. The molecule has 0 bridgehead atoms. The highest BCUT2D eigenvalue weighted by Crippen LogP contribution is 2.27. The molecule has 2 amide bonds. The van der Waals surface area contributed by atoms with Gasteiger partial charge >= 0.3 is 0 Å². The zero-order chi connectivity index (χ0) is 15.6. The molecule has 2 rings (SSSR count). The molecule has 1 atom stereocenters. The number of nitrogens with one attached hydrogen (secondary N) is 2. The Bertz CT molecular complexity index is 689. The third-order valence-corrected chi connectivity index (χ3v) is 4.70. The molecule has 114 valence electrons. The SMILES string of the molecule is COc1cc(Cl)ccc1S(=O)(=O)NC1CCC(=O)NC1=O. The lowest BCUT2D eigenvalue weighted by molar-refractivity contribution is -0.134. The van der Waals surface area contributed by atoms with Gasteiger partial charge in [-0.3, -0.25) is 14.9 Å². The molecule has 0 aliphatic carbocycles. The number of sulfonamides is 1. The van der Waals surface area contributed by atoms with Crippen LogP contribution in [0.1, 0.15) is 12.8 Å². The van der Waals surface area contributed by atoms with Crippen molar-refractivity contribution in [3.63, 3.8) is 0 Å².